The van der Waals surface area contributed by atoms with Crippen molar-refractivity contribution in [3.63, 3.8) is 0 Å². The van der Waals surface area contributed by atoms with Crippen molar-refractivity contribution in [3.8, 4) is 0 Å². The van der Waals surface area contributed by atoms with Gasteiger partial charge in [0.25, 0.3) is 0 Å². The zero-order valence-electron chi connectivity index (χ0n) is 11.2. The number of nitrogens with one attached hydrogen (secondary N) is 2. The highest BCUT2D eigenvalue weighted by molar-refractivity contribution is 7.12. The molecule has 0 unspecified atom stereocenters. The fourth-order valence-electron chi connectivity index (χ4n) is 1.63. The fraction of sp³-hybridized carbons (Fsp3) is 0.0714. The van der Waals surface area contributed by atoms with Crippen molar-refractivity contribution in [2.45, 2.75) is 0 Å². The molecule has 0 aliphatic carbocycles. The molecule has 0 bridgehead atoms. The third-order valence-corrected chi connectivity index (χ3v) is 3.51. The standard InChI is InChI=1S/C12H8N2OS.C2H5NO2/c15-12(11-2-1-5-16-11)8-3-4-9-10(6-8)14-7-13-9;1-3-2(4)5/h1-7H,(H,13,14);3H,1H3,(H,4,5). The minimum absolute atomic E-state index is 0.0616. The molecular formula is C14H13N3O3S. The van der Waals surface area contributed by atoms with Crippen LogP contribution in [0.15, 0.2) is 42.0 Å². The molecule has 0 saturated heterocycles. The van der Waals surface area contributed by atoms with E-state index in [1.54, 1.807) is 6.33 Å². The number of benzene rings is 1. The van der Waals surface area contributed by atoms with Gasteiger partial charge in [0, 0.05) is 12.6 Å². The Hall–Kier alpha value is -2.67. The minimum Gasteiger partial charge on any atom is -0.465 e. The van der Waals surface area contributed by atoms with Gasteiger partial charge in [0.05, 0.1) is 22.2 Å². The Morgan fingerprint density at radius 3 is 2.71 bits per heavy atom. The van der Waals surface area contributed by atoms with Crippen LogP contribution in [0.3, 0.4) is 0 Å². The summed E-state index contributed by atoms with van der Waals surface area (Å²) in [6, 6.07) is 9.22. The quantitative estimate of drug-likeness (QED) is 0.634. The van der Waals surface area contributed by atoms with Crippen LogP contribution in [0.5, 0.6) is 0 Å². The van der Waals surface area contributed by atoms with Gasteiger partial charge in [0.1, 0.15) is 0 Å². The fourth-order valence-corrected chi connectivity index (χ4v) is 2.31. The highest BCUT2D eigenvalue weighted by atomic mass is 32.1. The van der Waals surface area contributed by atoms with E-state index < -0.39 is 6.09 Å². The molecule has 0 saturated carbocycles. The third-order valence-electron chi connectivity index (χ3n) is 2.64. The van der Waals surface area contributed by atoms with Crippen LogP contribution < -0.4 is 5.32 Å². The number of carbonyl (C=O) groups is 2. The number of H-pyrrole nitrogens is 1. The van der Waals surface area contributed by atoms with Crippen LogP contribution in [-0.4, -0.2) is 34.0 Å². The molecule has 3 N–H and O–H groups in total. The molecule has 6 nitrogen and oxygen atoms in total. The van der Waals surface area contributed by atoms with Gasteiger partial charge in [-0.25, -0.2) is 9.78 Å². The van der Waals surface area contributed by atoms with Crippen molar-refractivity contribution in [1.82, 2.24) is 15.3 Å². The van der Waals surface area contributed by atoms with E-state index in [-0.39, 0.29) is 5.78 Å². The SMILES string of the molecule is CNC(=O)O.O=C(c1ccc2nc[nH]c2c1)c1cccs1. The monoisotopic (exact) mass is 303 g/mol. The van der Waals surface area contributed by atoms with Crippen LogP contribution in [-0.2, 0) is 0 Å². The van der Waals surface area contributed by atoms with Gasteiger partial charge >= 0.3 is 6.09 Å². The van der Waals surface area contributed by atoms with Crippen LogP contribution >= 0.6 is 11.3 Å². The number of aromatic amines is 1. The van der Waals surface area contributed by atoms with Gasteiger partial charge in [-0.2, -0.15) is 0 Å². The predicted molar refractivity (Wildman–Crippen MR) is 80.9 cm³/mol. The van der Waals surface area contributed by atoms with Crippen molar-refractivity contribution >= 4 is 34.2 Å². The summed E-state index contributed by atoms with van der Waals surface area (Å²) in [4.78, 5) is 29.2. The maximum absolute atomic E-state index is 12.0. The predicted octanol–water partition coefficient (Wildman–Crippen LogP) is 2.74. The van der Waals surface area contributed by atoms with Crippen LogP contribution in [0.25, 0.3) is 11.0 Å². The van der Waals surface area contributed by atoms with Crippen molar-refractivity contribution < 1.29 is 14.7 Å². The summed E-state index contributed by atoms with van der Waals surface area (Å²) in [6.07, 6.45) is 0.634. The summed E-state index contributed by atoms with van der Waals surface area (Å²) in [5, 5.41) is 11.5. The number of hydrogen-bond donors (Lipinski definition) is 3. The lowest BCUT2D eigenvalue weighted by atomic mass is 10.1. The van der Waals surface area contributed by atoms with E-state index in [0.717, 1.165) is 15.9 Å². The second kappa shape index (κ2) is 6.67. The lowest BCUT2D eigenvalue weighted by Gasteiger charge is -1.97. The van der Waals surface area contributed by atoms with Gasteiger partial charge in [-0.05, 0) is 29.6 Å². The molecule has 2 aromatic heterocycles. The van der Waals surface area contributed by atoms with E-state index in [4.69, 9.17) is 5.11 Å². The number of aromatic nitrogens is 2. The van der Waals surface area contributed by atoms with Crippen molar-refractivity contribution in [2.24, 2.45) is 0 Å². The Morgan fingerprint density at radius 1 is 1.33 bits per heavy atom. The zero-order chi connectivity index (χ0) is 15.2. The Balaban J connectivity index is 0.000000282. The number of imidazole rings is 1. The third kappa shape index (κ3) is 3.67. The highest BCUT2D eigenvalue weighted by Crippen LogP contribution is 2.18. The first-order valence-corrected chi connectivity index (χ1v) is 6.92. The zero-order valence-corrected chi connectivity index (χ0v) is 12.0. The number of carbonyl (C=O) groups excluding carboxylic acids is 1. The lowest BCUT2D eigenvalue weighted by molar-refractivity contribution is 0.104. The summed E-state index contributed by atoms with van der Waals surface area (Å²) in [5.41, 5.74) is 2.46. The second-order valence-corrected chi connectivity index (χ2v) is 4.94. The maximum atomic E-state index is 12.0. The summed E-state index contributed by atoms with van der Waals surface area (Å²) >= 11 is 1.46. The minimum atomic E-state index is -0.995. The molecule has 1 amide bonds. The molecule has 3 aromatic rings. The topological polar surface area (TPSA) is 95.1 Å². The van der Waals surface area contributed by atoms with Crippen molar-refractivity contribution in [1.29, 1.82) is 0 Å². The van der Waals surface area contributed by atoms with Gasteiger partial charge in [0.2, 0.25) is 5.78 Å². The van der Waals surface area contributed by atoms with Gasteiger partial charge in [-0.15, -0.1) is 11.3 Å². The van der Waals surface area contributed by atoms with Crippen molar-refractivity contribution in [2.75, 3.05) is 7.05 Å². The molecule has 1 aromatic carbocycles. The molecule has 0 fully saturated rings. The lowest BCUT2D eigenvalue weighted by Crippen LogP contribution is -2.13. The first-order chi connectivity index (χ1) is 10.1. The average molecular weight is 303 g/mol. The second-order valence-electron chi connectivity index (χ2n) is 4.00. The molecule has 21 heavy (non-hydrogen) atoms. The Labute approximate surface area is 124 Å². The van der Waals surface area contributed by atoms with Crippen LogP contribution in [0.2, 0.25) is 0 Å². The number of hydrogen-bond acceptors (Lipinski definition) is 4. The Bertz CT molecular complexity index is 750. The van der Waals surface area contributed by atoms with Crippen LogP contribution in [0.1, 0.15) is 15.2 Å². The van der Waals surface area contributed by atoms with Gasteiger partial charge in [0.15, 0.2) is 0 Å². The number of thiophene rings is 1. The molecule has 0 radical (unpaired) electrons. The maximum Gasteiger partial charge on any atom is 0.404 e. The number of fused-ring (bicyclic) bond motifs is 1. The molecule has 0 atom stereocenters. The van der Waals surface area contributed by atoms with Crippen LogP contribution in [0.4, 0.5) is 4.79 Å². The van der Waals surface area contributed by atoms with Crippen LogP contribution in [0, 0.1) is 0 Å². The molecule has 7 heteroatoms. The molecule has 0 aliphatic rings. The largest absolute Gasteiger partial charge is 0.465 e. The molecule has 0 aliphatic heterocycles. The normalized spacial score (nSPS) is 9.76. The van der Waals surface area contributed by atoms with Crippen molar-refractivity contribution in [3.05, 3.63) is 52.5 Å². The highest BCUT2D eigenvalue weighted by Gasteiger charge is 2.10. The Morgan fingerprint density at radius 2 is 2.10 bits per heavy atom. The Kier molecular flexibility index (Phi) is 4.68. The van der Waals surface area contributed by atoms with E-state index in [0.29, 0.717) is 5.56 Å². The van der Waals surface area contributed by atoms with E-state index in [2.05, 4.69) is 9.97 Å². The number of nitrogens with zero attached hydrogens (tertiary/aromatic N) is 1. The average Bonchev–Trinajstić information content (AvgIpc) is 3.17. The van der Waals surface area contributed by atoms with Gasteiger partial charge in [-0.3, -0.25) is 4.79 Å². The smallest absolute Gasteiger partial charge is 0.404 e. The molecule has 108 valence electrons. The number of rotatable bonds is 2. The molecular weight excluding hydrogens is 290 g/mol. The molecule has 3 rings (SSSR count). The molecule has 0 spiro atoms. The van der Waals surface area contributed by atoms with Gasteiger partial charge in [-0.1, -0.05) is 6.07 Å². The summed E-state index contributed by atoms with van der Waals surface area (Å²) in [5.74, 6) is 0.0616. The molecule has 2 heterocycles. The summed E-state index contributed by atoms with van der Waals surface area (Å²) in [6.45, 7) is 0. The number of carboxylic acid groups (broad SMARTS) is 1. The first kappa shape index (κ1) is 14.7. The first-order valence-electron chi connectivity index (χ1n) is 6.04. The summed E-state index contributed by atoms with van der Waals surface area (Å²) in [7, 11) is 1.35. The number of ketones is 1. The van der Waals surface area contributed by atoms with Gasteiger partial charge < -0.3 is 15.4 Å². The summed E-state index contributed by atoms with van der Waals surface area (Å²) < 4.78 is 0. The van der Waals surface area contributed by atoms with E-state index in [9.17, 15) is 9.59 Å². The van der Waals surface area contributed by atoms with E-state index >= 15 is 0 Å². The van der Waals surface area contributed by atoms with E-state index in [1.165, 1.54) is 18.4 Å². The number of amides is 1. The van der Waals surface area contributed by atoms with E-state index in [1.807, 2.05) is 41.0 Å².